The summed E-state index contributed by atoms with van der Waals surface area (Å²) in [4.78, 5) is 4.98. The Morgan fingerprint density at radius 3 is 2.63 bits per heavy atom. The fraction of sp³-hybridized carbons (Fsp3) is 0.600. The summed E-state index contributed by atoms with van der Waals surface area (Å²) in [6, 6.07) is 9.79. The first-order valence-electron chi connectivity index (χ1n) is 7.04. The number of rotatable bonds is 3. The Morgan fingerprint density at radius 1 is 1.32 bits per heavy atom. The van der Waals surface area contributed by atoms with Crippen LogP contribution in [-0.4, -0.2) is 43.7 Å². The summed E-state index contributed by atoms with van der Waals surface area (Å²) >= 11 is 3.50. The van der Waals surface area contributed by atoms with Gasteiger partial charge in [-0.1, -0.05) is 15.9 Å². The second-order valence-electron chi connectivity index (χ2n) is 5.46. The lowest BCUT2D eigenvalue weighted by atomic mass is 10.1. The van der Waals surface area contributed by atoms with Crippen molar-refractivity contribution >= 4 is 21.6 Å². The number of hydrogen-bond acceptors (Lipinski definition) is 3. The monoisotopic (exact) mass is 325 g/mol. The van der Waals surface area contributed by atoms with Crippen LogP contribution in [0.1, 0.15) is 19.8 Å². The van der Waals surface area contributed by atoms with Crippen molar-refractivity contribution in [2.45, 2.75) is 31.8 Å². The molecule has 19 heavy (non-hydrogen) atoms. The molecule has 2 N–H and O–H groups in total. The molecule has 106 valence electrons. The van der Waals surface area contributed by atoms with Gasteiger partial charge in [-0.25, -0.2) is 0 Å². The first-order valence-corrected chi connectivity index (χ1v) is 7.83. The molecule has 3 nitrogen and oxygen atoms in total. The average molecular weight is 326 g/mol. The predicted molar refractivity (Wildman–Crippen MR) is 85.7 cm³/mol. The first-order chi connectivity index (χ1) is 9.11. The maximum absolute atomic E-state index is 5.77. The van der Waals surface area contributed by atoms with E-state index in [9.17, 15) is 0 Å². The summed E-state index contributed by atoms with van der Waals surface area (Å²) in [6.45, 7) is 5.26. The van der Waals surface area contributed by atoms with Crippen molar-refractivity contribution in [1.82, 2.24) is 4.90 Å². The molecule has 4 heteroatoms. The van der Waals surface area contributed by atoms with E-state index < -0.39 is 0 Å². The topological polar surface area (TPSA) is 32.5 Å². The third kappa shape index (κ3) is 3.71. The van der Waals surface area contributed by atoms with Crippen molar-refractivity contribution in [3.8, 4) is 0 Å². The normalized spacial score (nSPS) is 25.4. The van der Waals surface area contributed by atoms with Crippen LogP contribution in [-0.2, 0) is 0 Å². The number of benzene rings is 1. The Labute approximate surface area is 124 Å². The van der Waals surface area contributed by atoms with Gasteiger partial charge < -0.3 is 10.6 Å². The van der Waals surface area contributed by atoms with Gasteiger partial charge in [0.05, 0.1) is 0 Å². The highest BCUT2D eigenvalue weighted by Crippen LogP contribution is 2.23. The van der Waals surface area contributed by atoms with E-state index in [1.165, 1.54) is 12.1 Å². The second kappa shape index (κ2) is 6.73. The van der Waals surface area contributed by atoms with E-state index in [2.05, 4.69) is 64.0 Å². The summed E-state index contributed by atoms with van der Waals surface area (Å²) in [5.41, 5.74) is 7.08. The first kappa shape index (κ1) is 14.8. The number of likely N-dealkylation sites (N-methyl/N-ethyl adjacent to an activating group) is 1. The quantitative estimate of drug-likeness (QED) is 0.927. The van der Waals surface area contributed by atoms with Crippen molar-refractivity contribution in [2.24, 2.45) is 5.73 Å². The van der Waals surface area contributed by atoms with Crippen LogP contribution in [0.3, 0.4) is 0 Å². The van der Waals surface area contributed by atoms with Crippen molar-refractivity contribution in [1.29, 1.82) is 0 Å². The lowest BCUT2D eigenvalue weighted by Crippen LogP contribution is -2.42. The second-order valence-corrected chi connectivity index (χ2v) is 6.37. The third-order valence-electron chi connectivity index (χ3n) is 4.21. The molecule has 1 heterocycles. The van der Waals surface area contributed by atoms with E-state index in [4.69, 9.17) is 5.73 Å². The molecule has 1 fully saturated rings. The molecule has 0 aromatic heterocycles. The van der Waals surface area contributed by atoms with Crippen LogP contribution in [0.15, 0.2) is 28.7 Å². The zero-order valence-electron chi connectivity index (χ0n) is 11.8. The van der Waals surface area contributed by atoms with Gasteiger partial charge in [-0.3, -0.25) is 4.90 Å². The Morgan fingerprint density at radius 2 is 2.00 bits per heavy atom. The van der Waals surface area contributed by atoms with Crippen LogP contribution in [0, 0.1) is 0 Å². The standard InChI is InChI=1S/C15H24BrN3/c1-12-8-10-19(11-15(7-9-17)18(12)2)14-5-3-13(16)4-6-14/h3-6,12,15H,7-11,17H2,1-2H3. The number of halogens is 1. The molecule has 0 spiro atoms. The predicted octanol–water partition coefficient (Wildman–Crippen LogP) is 2.70. The van der Waals surface area contributed by atoms with Crippen molar-refractivity contribution in [3.05, 3.63) is 28.7 Å². The van der Waals surface area contributed by atoms with Crippen LogP contribution < -0.4 is 10.6 Å². The minimum absolute atomic E-state index is 0.547. The zero-order valence-corrected chi connectivity index (χ0v) is 13.4. The zero-order chi connectivity index (χ0) is 13.8. The van der Waals surface area contributed by atoms with Crippen molar-refractivity contribution in [3.63, 3.8) is 0 Å². The van der Waals surface area contributed by atoms with E-state index >= 15 is 0 Å². The maximum Gasteiger partial charge on any atom is 0.0367 e. The van der Waals surface area contributed by atoms with Gasteiger partial charge in [-0.15, -0.1) is 0 Å². The smallest absolute Gasteiger partial charge is 0.0367 e. The minimum atomic E-state index is 0.547. The van der Waals surface area contributed by atoms with Crippen molar-refractivity contribution in [2.75, 3.05) is 31.6 Å². The van der Waals surface area contributed by atoms with E-state index in [-0.39, 0.29) is 0 Å². The molecule has 1 saturated heterocycles. The van der Waals surface area contributed by atoms with E-state index in [0.717, 1.165) is 30.5 Å². The van der Waals surface area contributed by atoms with Crippen LogP contribution in [0.25, 0.3) is 0 Å². The number of nitrogens with zero attached hydrogens (tertiary/aromatic N) is 2. The SMILES string of the molecule is CC1CCN(c2ccc(Br)cc2)CC(CCN)N1C. The molecule has 2 atom stereocenters. The molecule has 1 aliphatic rings. The highest BCUT2D eigenvalue weighted by molar-refractivity contribution is 9.10. The lowest BCUT2D eigenvalue weighted by Gasteiger charge is -2.32. The van der Waals surface area contributed by atoms with Gasteiger partial charge in [0.2, 0.25) is 0 Å². The fourth-order valence-corrected chi connectivity index (χ4v) is 3.02. The molecule has 1 aromatic carbocycles. The molecule has 0 saturated carbocycles. The molecule has 2 unspecified atom stereocenters. The van der Waals surface area contributed by atoms with Crippen LogP contribution in [0.4, 0.5) is 5.69 Å². The summed E-state index contributed by atoms with van der Waals surface area (Å²) in [5.74, 6) is 0. The molecular weight excluding hydrogens is 302 g/mol. The summed E-state index contributed by atoms with van der Waals surface area (Å²) in [7, 11) is 2.23. The van der Waals surface area contributed by atoms with Crippen LogP contribution in [0.2, 0.25) is 0 Å². The number of anilines is 1. The summed E-state index contributed by atoms with van der Waals surface area (Å²) < 4.78 is 1.13. The highest BCUT2D eigenvalue weighted by atomic mass is 79.9. The van der Waals surface area contributed by atoms with Gasteiger partial charge in [-0.05, 0) is 57.6 Å². The van der Waals surface area contributed by atoms with Gasteiger partial charge in [-0.2, -0.15) is 0 Å². The third-order valence-corrected chi connectivity index (χ3v) is 4.74. The van der Waals surface area contributed by atoms with Gasteiger partial charge in [0.15, 0.2) is 0 Å². The Kier molecular flexibility index (Phi) is 5.25. The summed E-state index contributed by atoms with van der Waals surface area (Å²) in [5, 5.41) is 0. The fourth-order valence-electron chi connectivity index (χ4n) is 2.75. The van der Waals surface area contributed by atoms with E-state index in [1.807, 2.05) is 0 Å². The molecule has 0 radical (unpaired) electrons. The van der Waals surface area contributed by atoms with E-state index in [0.29, 0.717) is 12.1 Å². The molecule has 0 bridgehead atoms. The number of hydrogen-bond donors (Lipinski definition) is 1. The molecule has 1 aliphatic heterocycles. The average Bonchev–Trinajstić information content (AvgIpc) is 2.54. The Bertz CT molecular complexity index is 393. The Balaban J connectivity index is 2.14. The van der Waals surface area contributed by atoms with Gasteiger partial charge >= 0.3 is 0 Å². The Hall–Kier alpha value is -0.580. The molecule has 0 aliphatic carbocycles. The van der Waals surface area contributed by atoms with Gasteiger partial charge in [0, 0.05) is 35.3 Å². The molecule has 0 amide bonds. The maximum atomic E-state index is 5.77. The largest absolute Gasteiger partial charge is 0.370 e. The van der Waals surface area contributed by atoms with E-state index in [1.54, 1.807) is 0 Å². The molecule has 1 aromatic rings. The summed E-state index contributed by atoms with van der Waals surface area (Å²) in [6.07, 6.45) is 2.27. The lowest BCUT2D eigenvalue weighted by molar-refractivity contribution is 0.190. The highest BCUT2D eigenvalue weighted by Gasteiger charge is 2.26. The minimum Gasteiger partial charge on any atom is -0.370 e. The van der Waals surface area contributed by atoms with Gasteiger partial charge in [0.25, 0.3) is 0 Å². The molecule has 2 rings (SSSR count). The van der Waals surface area contributed by atoms with Crippen LogP contribution >= 0.6 is 15.9 Å². The number of nitrogens with two attached hydrogens (primary N) is 1. The molecular formula is C15H24BrN3. The van der Waals surface area contributed by atoms with Crippen molar-refractivity contribution < 1.29 is 0 Å². The van der Waals surface area contributed by atoms with Gasteiger partial charge in [0.1, 0.15) is 0 Å². The van der Waals surface area contributed by atoms with Crippen LogP contribution in [0.5, 0.6) is 0 Å².